The predicted octanol–water partition coefficient (Wildman–Crippen LogP) is -0.403. The lowest BCUT2D eigenvalue weighted by Gasteiger charge is -2.18. The Balaban J connectivity index is 2.19. The van der Waals surface area contributed by atoms with Gasteiger partial charge in [0.2, 0.25) is 0 Å². The van der Waals surface area contributed by atoms with Gasteiger partial charge in [0, 0.05) is 32.8 Å². The molecule has 0 spiro atoms. The molecule has 0 bridgehead atoms. The van der Waals surface area contributed by atoms with Gasteiger partial charge in [-0.1, -0.05) is 0 Å². The lowest BCUT2D eigenvalue weighted by Crippen LogP contribution is -2.23. The fourth-order valence-electron chi connectivity index (χ4n) is 1.99. The molecule has 0 aromatic carbocycles. The van der Waals surface area contributed by atoms with Gasteiger partial charge < -0.3 is 25.2 Å². The number of hydrogen-bond acceptors (Lipinski definition) is 7. The Kier molecular flexibility index (Phi) is 4.52. The van der Waals surface area contributed by atoms with Crippen LogP contribution < -0.4 is 10.2 Å². The van der Waals surface area contributed by atoms with Gasteiger partial charge in [-0.05, 0) is 6.92 Å². The van der Waals surface area contributed by atoms with Crippen LogP contribution in [-0.4, -0.2) is 59.1 Å². The smallest absolute Gasteiger partial charge is 0.158 e. The number of aliphatic hydroxyl groups excluding tert-OH is 2. The minimum absolute atomic E-state index is 0.345. The lowest BCUT2D eigenvalue weighted by molar-refractivity contribution is 0.0572. The Hall–Kier alpha value is -1.44. The minimum atomic E-state index is -0.733. The maximum Gasteiger partial charge on any atom is 0.158 e. The van der Waals surface area contributed by atoms with Crippen LogP contribution in [0.3, 0.4) is 0 Å². The van der Waals surface area contributed by atoms with Crippen LogP contribution in [0, 0.1) is 0 Å². The maximum absolute atomic E-state index is 9.59. The number of nitrogens with one attached hydrogen (secondary N) is 1. The number of rotatable bonds is 5. The highest BCUT2D eigenvalue weighted by molar-refractivity contribution is 5.50. The third-order valence-electron chi connectivity index (χ3n) is 3.03. The summed E-state index contributed by atoms with van der Waals surface area (Å²) in [6.45, 7) is 3.60. The number of ether oxygens (including phenoxy) is 1. The van der Waals surface area contributed by atoms with Crippen molar-refractivity contribution in [1.82, 2.24) is 9.97 Å². The maximum atomic E-state index is 9.59. The first-order valence-corrected chi connectivity index (χ1v) is 6.38. The third kappa shape index (κ3) is 3.31. The highest BCUT2D eigenvalue weighted by Crippen LogP contribution is 2.21. The van der Waals surface area contributed by atoms with Crippen LogP contribution in [0.15, 0.2) is 6.07 Å². The van der Waals surface area contributed by atoms with Crippen molar-refractivity contribution in [3.63, 3.8) is 0 Å². The fourth-order valence-corrected chi connectivity index (χ4v) is 1.99. The normalized spacial score (nSPS) is 22.8. The molecule has 3 N–H and O–H groups in total. The van der Waals surface area contributed by atoms with Crippen LogP contribution in [0.1, 0.15) is 12.7 Å². The summed E-state index contributed by atoms with van der Waals surface area (Å²) < 4.78 is 5.31. The van der Waals surface area contributed by atoms with E-state index in [1.54, 1.807) is 13.1 Å². The predicted molar refractivity (Wildman–Crippen MR) is 71.1 cm³/mol. The molecule has 1 aliphatic heterocycles. The Bertz CT molecular complexity index is 419. The van der Waals surface area contributed by atoms with E-state index in [0.29, 0.717) is 43.8 Å². The van der Waals surface area contributed by atoms with Crippen molar-refractivity contribution in [2.45, 2.75) is 25.7 Å². The summed E-state index contributed by atoms with van der Waals surface area (Å²) in [5.41, 5.74) is 0. The van der Waals surface area contributed by atoms with E-state index in [9.17, 15) is 10.2 Å². The molecule has 0 amide bonds. The quantitative estimate of drug-likeness (QED) is 0.669. The number of anilines is 2. The van der Waals surface area contributed by atoms with Crippen molar-refractivity contribution in [3.05, 3.63) is 11.9 Å². The van der Waals surface area contributed by atoms with Gasteiger partial charge in [-0.2, -0.15) is 0 Å². The summed E-state index contributed by atoms with van der Waals surface area (Å²) in [5.74, 6) is 1.96. The molecule has 7 nitrogen and oxygen atoms in total. The third-order valence-corrected chi connectivity index (χ3v) is 3.03. The molecule has 0 saturated carbocycles. The van der Waals surface area contributed by atoms with Crippen LogP contribution >= 0.6 is 0 Å². The summed E-state index contributed by atoms with van der Waals surface area (Å²) in [5, 5.41) is 22.2. The SMILES string of the molecule is CCOCc1nc(NC)cc(N2CC(O)C(O)C2)n1. The fraction of sp³-hybridized carbons (Fsp3) is 0.667. The van der Waals surface area contributed by atoms with Crippen LogP contribution in [0.5, 0.6) is 0 Å². The van der Waals surface area contributed by atoms with Crippen molar-refractivity contribution < 1.29 is 14.9 Å². The van der Waals surface area contributed by atoms with Crippen molar-refractivity contribution in [2.24, 2.45) is 0 Å². The molecular formula is C12H20N4O3. The molecule has 1 aromatic heterocycles. The topological polar surface area (TPSA) is 90.7 Å². The van der Waals surface area contributed by atoms with E-state index in [0.717, 1.165) is 0 Å². The number of aromatic nitrogens is 2. The summed E-state index contributed by atoms with van der Waals surface area (Å²) >= 11 is 0. The molecule has 1 fully saturated rings. The van der Waals surface area contributed by atoms with E-state index in [1.807, 2.05) is 11.8 Å². The first kappa shape index (κ1) is 14.0. The van der Waals surface area contributed by atoms with Crippen molar-refractivity contribution in [2.75, 3.05) is 37.0 Å². The summed E-state index contributed by atoms with van der Waals surface area (Å²) in [6.07, 6.45) is -1.47. The molecular weight excluding hydrogens is 248 g/mol. The zero-order valence-corrected chi connectivity index (χ0v) is 11.2. The minimum Gasteiger partial charge on any atom is -0.389 e. The van der Waals surface area contributed by atoms with Gasteiger partial charge in [0.15, 0.2) is 5.82 Å². The molecule has 1 aliphatic rings. The summed E-state index contributed by atoms with van der Waals surface area (Å²) in [6, 6.07) is 1.79. The molecule has 7 heteroatoms. The summed E-state index contributed by atoms with van der Waals surface area (Å²) in [4.78, 5) is 10.5. The molecule has 1 aromatic rings. The highest BCUT2D eigenvalue weighted by atomic mass is 16.5. The molecule has 19 heavy (non-hydrogen) atoms. The van der Waals surface area contributed by atoms with E-state index >= 15 is 0 Å². The second-order valence-corrected chi connectivity index (χ2v) is 4.45. The van der Waals surface area contributed by atoms with Gasteiger partial charge >= 0.3 is 0 Å². The van der Waals surface area contributed by atoms with Gasteiger partial charge in [-0.3, -0.25) is 0 Å². The molecule has 2 heterocycles. The highest BCUT2D eigenvalue weighted by Gasteiger charge is 2.30. The van der Waals surface area contributed by atoms with Crippen molar-refractivity contribution in [3.8, 4) is 0 Å². The Morgan fingerprint density at radius 1 is 1.37 bits per heavy atom. The van der Waals surface area contributed by atoms with Crippen LogP contribution in [-0.2, 0) is 11.3 Å². The van der Waals surface area contributed by atoms with Gasteiger partial charge in [0.25, 0.3) is 0 Å². The Labute approximate surface area is 112 Å². The van der Waals surface area contributed by atoms with E-state index in [-0.39, 0.29) is 0 Å². The largest absolute Gasteiger partial charge is 0.389 e. The summed E-state index contributed by atoms with van der Waals surface area (Å²) in [7, 11) is 1.78. The van der Waals surface area contributed by atoms with Gasteiger partial charge in [0.05, 0.1) is 12.2 Å². The second-order valence-electron chi connectivity index (χ2n) is 4.45. The Morgan fingerprint density at radius 2 is 2.05 bits per heavy atom. The van der Waals surface area contributed by atoms with E-state index in [4.69, 9.17) is 4.74 Å². The van der Waals surface area contributed by atoms with E-state index in [2.05, 4.69) is 15.3 Å². The number of hydrogen-bond donors (Lipinski definition) is 3. The second kappa shape index (κ2) is 6.14. The van der Waals surface area contributed by atoms with E-state index in [1.165, 1.54) is 0 Å². The molecule has 0 aliphatic carbocycles. The van der Waals surface area contributed by atoms with Crippen LogP contribution in [0.25, 0.3) is 0 Å². The van der Waals surface area contributed by atoms with Gasteiger partial charge in [-0.15, -0.1) is 0 Å². The molecule has 0 radical (unpaired) electrons. The average Bonchev–Trinajstić information content (AvgIpc) is 2.76. The van der Waals surface area contributed by atoms with E-state index < -0.39 is 12.2 Å². The van der Waals surface area contributed by atoms with Crippen molar-refractivity contribution >= 4 is 11.6 Å². The van der Waals surface area contributed by atoms with Crippen LogP contribution in [0.4, 0.5) is 11.6 Å². The van der Waals surface area contributed by atoms with Gasteiger partial charge in [-0.25, -0.2) is 9.97 Å². The average molecular weight is 268 g/mol. The lowest BCUT2D eigenvalue weighted by atomic mass is 10.3. The zero-order chi connectivity index (χ0) is 13.8. The Morgan fingerprint density at radius 3 is 2.63 bits per heavy atom. The number of aliphatic hydroxyl groups is 2. The van der Waals surface area contributed by atoms with Gasteiger partial charge in [0.1, 0.15) is 18.2 Å². The van der Waals surface area contributed by atoms with Crippen molar-refractivity contribution in [1.29, 1.82) is 0 Å². The molecule has 2 unspecified atom stereocenters. The van der Waals surface area contributed by atoms with Crippen LogP contribution in [0.2, 0.25) is 0 Å². The molecule has 2 atom stereocenters. The molecule has 1 saturated heterocycles. The standard InChI is InChI=1S/C12H20N4O3/c1-3-19-7-11-14-10(13-2)4-12(15-11)16-5-8(17)9(18)6-16/h4,8-9,17-18H,3,5-7H2,1-2H3,(H,13,14,15). The molecule has 2 rings (SSSR count). The number of nitrogens with zero attached hydrogens (tertiary/aromatic N) is 3. The first-order valence-electron chi connectivity index (χ1n) is 6.38. The number of β-amino-alcohol motifs (C(OH)–C–C–N with tert-alkyl or cyclic N) is 2. The first-order chi connectivity index (χ1) is 9.13. The molecule has 106 valence electrons. The zero-order valence-electron chi connectivity index (χ0n) is 11.2. The monoisotopic (exact) mass is 268 g/mol.